The lowest BCUT2D eigenvalue weighted by Gasteiger charge is -2.31. The summed E-state index contributed by atoms with van der Waals surface area (Å²) < 4.78 is 0. The Bertz CT molecular complexity index is 858. The van der Waals surface area contributed by atoms with Gasteiger partial charge in [0.15, 0.2) is 5.78 Å². The van der Waals surface area contributed by atoms with E-state index in [2.05, 4.69) is 7.05 Å². The van der Waals surface area contributed by atoms with Crippen LogP contribution < -0.4 is 4.90 Å². The molecule has 2 saturated heterocycles. The lowest BCUT2D eigenvalue weighted by Crippen LogP contribution is -3.16. The van der Waals surface area contributed by atoms with Crippen LogP contribution in [0.3, 0.4) is 0 Å². The quantitative estimate of drug-likeness (QED) is 0.773. The summed E-state index contributed by atoms with van der Waals surface area (Å²) in [4.78, 5) is 14.7. The molecule has 0 radical (unpaired) electrons. The summed E-state index contributed by atoms with van der Waals surface area (Å²) >= 11 is 12.6. The van der Waals surface area contributed by atoms with Crippen molar-refractivity contribution in [2.75, 3.05) is 7.05 Å². The van der Waals surface area contributed by atoms with E-state index >= 15 is 0 Å². The lowest BCUT2D eigenvalue weighted by atomic mass is 9.88. The van der Waals surface area contributed by atoms with Crippen molar-refractivity contribution in [2.45, 2.75) is 24.9 Å². The molecule has 3 atom stereocenters. The van der Waals surface area contributed by atoms with Crippen LogP contribution >= 0.6 is 23.2 Å². The van der Waals surface area contributed by atoms with Crippen LogP contribution in [0, 0.1) is 0 Å². The molecule has 2 heterocycles. The third-order valence-electron chi connectivity index (χ3n) is 5.55. The molecular weight excluding hydrogens is 365 g/mol. The first-order chi connectivity index (χ1) is 12.6. The van der Waals surface area contributed by atoms with Crippen molar-refractivity contribution in [1.29, 1.82) is 0 Å². The third kappa shape index (κ3) is 3.03. The van der Waals surface area contributed by atoms with Gasteiger partial charge in [0.2, 0.25) is 0 Å². The van der Waals surface area contributed by atoms with Crippen LogP contribution in [0.1, 0.15) is 24.0 Å². The Morgan fingerprint density at radius 1 is 0.846 bits per heavy atom. The minimum atomic E-state index is 0.128. The maximum atomic E-state index is 13.3. The number of halogens is 2. The molecule has 2 aromatic carbocycles. The highest BCUT2D eigenvalue weighted by Gasteiger charge is 2.48. The number of fused-ring (bicyclic) bond motifs is 2. The van der Waals surface area contributed by atoms with Crippen molar-refractivity contribution in [3.63, 3.8) is 0 Å². The van der Waals surface area contributed by atoms with Crippen molar-refractivity contribution in [3.8, 4) is 0 Å². The van der Waals surface area contributed by atoms with Crippen molar-refractivity contribution in [1.82, 2.24) is 0 Å². The van der Waals surface area contributed by atoms with Crippen LogP contribution in [0.25, 0.3) is 12.2 Å². The summed E-state index contributed by atoms with van der Waals surface area (Å²) in [6.07, 6.45) is 5.97. The van der Waals surface area contributed by atoms with E-state index in [9.17, 15) is 4.79 Å². The molecule has 0 aliphatic carbocycles. The Morgan fingerprint density at radius 3 is 1.69 bits per heavy atom. The van der Waals surface area contributed by atoms with Crippen molar-refractivity contribution in [3.05, 3.63) is 80.8 Å². The third-order valence-corrected chi connectivity index (χ3v) is 6.24. The van der Waals surface area contributed by atoms with Crippen LogP contribution in [0.2, 0.25) is 10.0 Å². The van der Waals surface area contributed by atoms with Crippen LogP contribution in [-0.2, 0) is 4.79 Å². The molecule has 132 valence electrons. The Kier molecular flexibility index (Phi) is 4.74. The fraction of sp³-hybridized carbons (Fsp3) is 0.227. The standard InChI is InChI=1S/C22H19Cl2NO/c1-25-20-10-11-21(25)17(13-15-7-3-5-9-19(15)24)22(26)16(20)12-14-6-2-4-8-18(14)23/h2-9,12-13,20-21H,10-11H2,1H3/p+1/b16-12-,17-13+/t20-,21+/m0/s1. The molecule has 2 aliphatic heterocycles. The van der Waals surface area contributed by atoms with Crippen LogP contribution in [-0.4, -0.2) is 24.9 Å². The summed E-state index contributed by atoms with van der Waals surface area (Å²) in [7, 11) is 2.18. The minimum Gasteiger partial charge on any atom is -0.325 e. The van der Waals surface area contributed by atoms with Gasteiger partial charge in [0.25, 0.3) is 0 Å². The van der Waals surface area contributed by atoms with Crippen molar-refractivity contribution < 1.29 is 9.69 Å². The highest BCUT2D eigenvalue weighted by molar-refractivity contribution is 6.33. The zero-order chi connectivity index (χ0) is 18.3. The number of quaternary nitrogens is 1. The Labute approximate surface area is 163 Å². The molecule has 1 N–H and O–H groups in total. The molecule has 2 aromatic rings. The predicted octanol–water partition coefficient (Wildman–Crippen LogP) is 4.09. The number of carbonyl (C=O) groups excluding carboxylic acids is 1. The number of hydrogen-bond acceptors (Lipinski definition) is 1. The number of nitrogens with one attached hydrogen (secondary N) is 1. The van der Waals surface area contributed by atoms with Gasteiger partial charge in [-0.25, -0.2) is 0 Å². The van der Waals surface area contributed by atoms with E-state index in [4.69, 9.17) is 23.2 Å². The van der Waals surface area contributed by atoms with Gasteiger partial charge in [-0.1, -0.05) is 59.6 Å². The summed E-state index contributed by atoms with van der Waals surface area (Å²) in [5.74, 6) is 0.128. The van der Waals surface area contributed by atoms with Gasteiger partial charge in [-0.2, -0.15) is 0 Å². The van der Waals surface area contributed by atoms with E-state index in [-0.39, 0.29) is 17.9 Å². The molecule has 0 aromatic heterocycles. The number of likely N-dealkylation sites (N-methyl/N-ethyl adjacent to an activating group) is 1. The van der Waals surface area contributed by atoms with E-state index in [1.165, 1.54) is 4.90 Å². The second-order valence-corrected chi connectivity index (χ2v) is 7.81. The molecular formula is C22H20Cl2NO+. The predicted molar refractivity (Wildman–Crippen MR) is 108 cm³/mol. The number of Topliss-reactive ketones (excluding diaryl/α,β-unsaturated/α-hetero) is 1. The number of benzene rings is 2. The molecule has 2 nitrogen and oxygen atoms in total. The topological polar surface area (TPSA) is 21.5 Å². The Balaban J connectivity index is 1.81. The zero-order valence-electron chi connectivity index (χ0n) is 14.5. The highest BCUT2D eigenvalue weighted by atomic mass is 35.5. The summed E-state index contributed by atoms with van der Waals surface area (Å²) in [6, 6.07) is 15.8. The monoisotopic (exact) mass is 384 g/mol. The molecule has 2 fully saturated rings. The normalized spacial score (nSPS) is 28.1. The minimum absolute atomic E-state index is 0.128. The van der Waals surface area contributed by atoms with E-state index in [0.717, 1.165) is 35.1 Å². The average Bonchev–Trinajstić information content (AvgIpc) is 2.94. The molecule has 26 heavy (non-hydrogen) atoms. The molecule has 4 rings (SSSR count). The second kappa shape index (κ2) is 7.03. The number of piperidine rings is 1. The van der Waals surface area contributed by atoms with E-state index in [1.54, 1.807) is 0 Å². The number of hydrogen-bond donors (Lipinski definition) is 1. The van der Waals surface area contributed by atoms with Gasteiger partial charge in [-0.3, -0.25) is 4.79 Å². The molecule has 2 bridgehead atoms. The first kappa shape index (κ1) is 17.5. The zero-order valence-corrected chi connectivity index (χ0v) is 16.0. The first-order valence-electron chi connectivity index (χ1n) is 8.86. The summed E-state index contributed by atoms with van der Waals surface area (Å²) in [6.45, 7) is 0. The summed E-state index contributed by atoms with van der Waals surface area (Å²) in [5.41, 5.74) is 3.49. The van der Waals surface area contributed by atoms with Crippen LogP contribution in [0.15, 0.2) is 59.7 Å². The highest BCUT2D eigenvalue weighted by Crippen LogP contribution is 2.32. The van der Waals surface area contributed by atoms with Gasteiger partial charge in [-0.15, -0.1) is 0 Å². The maximum Gasteiger partial charge on any atom is 0.196 e. The lowest BCUT2D eigenvalue weighted by molar-refractivity contribution is -0.906. The average molecular weight is 385 g/mol. The SMILES string of the molecule is C[NH+]1[C@@H]2CC[C@H]1/C(=C/c1ccccc1Cl)C(=O)/C2=C/c1ccccc1Cl. The van der Waals surface area contributed by atoms with Gasteiger partial charge >= 0.3 is 0 Å². The van der Waals surface area contributed by atoms with E-state index in [1.807, 2.05) is 60.7 Å². The van der Waals surface area contributed by atoms with E-state index < -0.39 is 0 Å². The molecule has 4 heteroatoms. The Morgan fingerprint density at radius 2 is 1.27 bits per heavy atom. The Hall–Kier alpha value is -1.87. The fourth-order valence-corrected chi connectivity index (χ4v) is 4.55. The van der Waals surface area contributed by atoms with Gasteiger partial charge in [0.05, 0.1) is 18.2 Å². The van der Waals surface area contributed by atoms with E-state index in [0.29, 0.717) is 10.0 Å². The molecule has 0 spiro atoms. The molecule has 1 unspecified atom stereocenters. The van der Waals surface area contributed by atoms with Gasteiger partial charge in [-0.05, 0) is 35.4 Å². The first-order valence-corrected chi connectivity index (χ1v) is 9.62. The fourth-order valence-electron chi connectivity index (χ4n) is 4.17. The van der Waals surface area contributed by atoms with Gasteiger partial charge in [0, 0.05) is 22.9 Å². The number of rotatable bonds is 2. The largest absolute Gasteiger partial charge is 0.325 e. The molecule has 0 saturated carbocycles. The second-order valence-electron chi connectivity index (χ2n) is 7.00. The maximum absolute atomic E-state index is 13.3. The summed E-state index contributed by atoms with van der Waals surface area (Å²) in [5, 5.41) is 1.34. The molecule has 0 amide bonds. The van der Waals surface area contributed by atoms with Crippen LogP contribution in [0.5, 0.6) is 0 Å². The van der Waals surface area contributed by atoms with Crippen molar-refractivity contribution in [2.24, 2.45) is 0 Å². The number of carbonyl (C=O) groups is 1. The van der Waals surface area contributed by atoms with Gasteiger partial charge < -0.3 is 4.90 Å². The smallest absolute Gasteiger partial charge is 0.196 e. The van der Waals surface area contributed by atoms with Gasteiger partial charge in [0.1, 0.15) is 12.1 Å². The van der Waals surface area contributed by atoms with Crippen molar-refractivity contribution >= 4 is 41.1 Å². The molecule has 2 aliphatic rings. The van der Waals surface area contributed by atoms with Crippen LogP contribution in [0.4, 0.5) is 0 Å². The number of ketones is 1.